The van der Waals surface area contributed by atoms with Gasteiger partial charge in [-0.3, -0.25) is 0 Å². The van der Waals surface area contributed by atoms with Gasteiger partial charge in [0, 0.05) is 30.4 Å². The Bertz CT molecular complexity index is 982. The minimum Gasteiger partial charge on any atom is -0.351 e. The third-order valence-corrected chi connectivity index (χ3v) is 5.43. The molecule has 3 aromatic rings. The Labute approximate surface area is 171 Å². The molecule has 29 heavy (non-hydrogen) atoms. The SMILES string of the molecule is CCNC(=O)NC1CCC(Nc2nccc(-c3ccc4ccccc4c3)n2)CC1. The zero-order chi connectivity index (χ0) is 20.1. The number of aromatic nitrogens is 2. The van der Waals surface area contributed by atoms with Gasteiger partial charge in [0.2, 0.25) is 5.95 Å². The van der Waals surface area contributed by atoms with Crippen molar-refractivity contribution in [2.75, 3.05) is 11.9 Å². The van der Waals surface area contributed by atoms with Crippen molar-refractivity contribution in [3.05, 3.63) is 54.7 Å². The Balaban J connectivity index is 1.39. The predicted molar refractivity (Wildman–Crippen MR) is 117 cm³/mol. The quantitative estimate of drug-likeness (QED) is 0.606. The van der Waals surface area contributed by atoms with Crippen LogP contribution in [0.4, 0.5) is 10.7 Å². The van der Waals surface area contributed by atoms with Gasteiger partial charge in [-0.15, -0.1) is 0 Å². The Morgan fingerprint density at radius 2 is 1.76 bits per heavy atom. The van der Waals surface area contributed by atoms with Crippen molar-refractivity contribution >= 4 is 22.8 Å². The maximum atomic E-state index is 11.7. The van der Waals surface area contributed by atoms with Gasteiger partial charge in [-0.1, -0.05) is 36.4 Å². The van der Waals surface area contributed by atoms with Crippen molar-refractivity contribution in [2.24, 2.45) is 0 Å². The number of carbonyl (C=O) groups excluding carboxylic acids is 1. The van der Waals surface area contributed by atoms with E-state index in [4.69, 9.17) is 4.98 Å². The van der Waals surface area contributed by atoms with Crippen molar-refractivity contribution in [2.45, 2.75) is 44.7 Å². The summed E-state index contributed by atoms with van der Waals surface area (Å²) >= 11 is 0. The molecule has 2 amide bonds. The molecule has 6 heteroatoms. The van der Waals surface area contributed by atoms with E-state index >= 15 is 0 Å². The molecule has 150 valence electrons. The van der Waals surface area contributed by atoms with Crippen molar-refractivity contribution in [1.82, 2.24) is 20.6 Å². The standard InChI is InChI=1S/C23H27N5O/c1-2-24-23(29)27-20-11-9-19(10-12-20)26-22-25-14-13-21(28-22)18-8-7-16-5-3-4-6-17(16)15-18/h3-8,13-15,19-20H,2,9-12H2,1H3,(H2,24,27,29)(H,25,26,28). The van der Waals surface area contributed by atoms with Crippen LogP contribution in [0.5, 0.6) is 0 Å². The Morgan fingerprint density at radius 1 is 1.00 bits per heavy atom. The zero-order valence-electron chi connectivity index (χ0n) is 16.7. The average Bonchev–Trinajstić information content (AvgIpc) is 2.75. The molecule has 0 saturated heterocycles. The number of rotatable bonds is 5. The topological polar surface area (TPSA) is 78.9 Å². The van der Waals surface area contributed by atoms with Gasteiger partial charge in [0.1, 0.15) is 0 Å². The van der Waals surface area contributed by atoms with Gasteiger partial charge < -0.3 is 16.0 Å². The molecule has 1 heterocycles. The van der Waals surface area contributed by atoms with E-state index in [1.807, 2.05) is 19.2 Å². The Kier molecular flexibility index (Phi) is 5.89. The van der Waals surface area contributed by atoms with Crippen molar-refractivity contribution in [1.29, 1.82) is 0 Å². The molecule has 1 aliphatic carbocycles. The van der Waals surface area contributed by atoms with E-state index in [0.717, 1.165) is 36.9 Å². The minimum atomic E-state index is -0.0738. The van der Waals surface area contributed by atoms with E-state index in [-0.39, 0.29) is 12.1 Å². The molecule has 1 fully saturated rings. The second-order valence-corrected chi connectivity index (χ2v) is 7.52. The maximum Gasteiger partial charge on any atom is 0.314 e. The molecule has 4 rings (SSSR count). The highest BCUT2D eigenvalue weighted by atomic mass is 16.2. The molecule has 1 saturated carbocycles. The van der Waals surface area contributed by atoms with Crippen LogP contribution >= 0.6 is 0 Å². The van der Waals surface area contributed by atoms with Crippen LogP contribution in [0, 0.1) is 0 Å². The van der Waals surface area contributed by atoms with Crippen LogP contribution < -0.4 is 16.0 Å². The second kappa shape index (κ2) is 8.90. The monoisotopic (exact) mass is 389 g/mol. The highest BCUT2D eigenvalue weighted by molar-refractivity contribution is 5.86. The summed E-state index contributed by atoms with van der Waals surface area (Å²) in [4.78, 5) is 20.8. The number of nitrogens with zero attached hydrogens (tertiary/aromatic N) is 2. The summed E-state index contributed by atoms with van der Waals surface area (Å²) in [6, 6.07) is 17.2. The summed E-state index contributed by atoms with van der Waals surface area (Å²) in [7, 11) is 0. The van der Waals surface area contributed by atoms with Gasteiger partial charge in [-0.2, -0.15) is 0 Å². The molecule has 0 bridgehead atoms. The van der Waals surface area contributed by atoms with E-state index in [1.165, 1.54) is 10.8 Å². The van der Waals surface area contributed by atoms with E-state index in [1.54, 1.807) is 0 Å². The molecule has 6 nitrogen and oxygen atoms in total. The van der Waals surface area contributed by atoms with E-state index in [0.29, 0.717) is 18.5 Å². The highest BCUT2D eigenvalue weighted by Gasteiger charge is 2.22. The van der Waals surface area contributed by atoms with Crippen LogP contribution in [0.3, 0.4) is 0 Å². The minimum absolute atomic E-state index is 0.0738. The van der Waals surface area contributed by atoms with Crippen molar-refractivity contribution in [3.63, 3.8) is 0 Å². The number of anilines is 1. The fourth-order valence-corrected chi connectivity index (χ4v) is 3.90. The molecule has 0 unspecified atom stereocenters. The number of fused-ring (bicyclic) bond motifs is 1. The van der Waals surface area contributed by atoms with Crippen LogP contribution in [0.15, 0.2) is 54.7 Å². The summed E-state index contributed by atoms with van der Waals surface area (Å²) in [6.45, 7) is 2.57. The molecule has 1 aliphatic rings. The molecule has 0 atom stereocenters. The first-order valence-electron chi connectivity index (χ1n) is 10.3. The Hall–Kier alpha value is -3.15. The van der Waals surface area contributed by atoms with Gasteiger partial charge in [-0.25, -0.2) is 14.8 Å². The average molecular weight is 390 g/mol. The first-order valence-corrected chi connectivity index (χ1v) is 10.3. The molecular formula is C23H27N5O. The molecule has 1 aromatic heterocycles. The van der Waals surface area contributed by atoms with Crippen LogP contribution in [-0.4, -0.2) is 34.6 Å². The van der Waals surface area contributed by atoms with Crippen molar-refractivity contribution in [3.8, 4) is 11.3 Å². The van der Waals surface area contributed by atoms with Crippen LogP contribution in [0.2, 0.25) is 0 Å². The lowest BCUT2D eigenvalue weighted by atomic mass is 9.91. The highest BCUT2D eigenvalue weighted by Crippen LogP contribution is 2.25. The largest absolute Gasteiger partial charge is 0.351 e. The van der Waals surface area contributed by atoms with Gasteiger partial charge >= 0.3 is 6.03 Å². The lowest BCUT2D eigenvalue weighted by Crippen LogP contribution is -2.44. The summed E-state index contributed by atoms with van der Waals surface area (Å²) < 4.78 is 0. The second-order valence-electron chi connectivity index (χ2n) is 7.52. The molecular weight excluding hydrogens is 362 g/mol. The molecule has 3 N–H and O–H groups in total. The Morgan fingerprint density at radius 3 is 2.55 bits per heavy atom. The molecule has 0 radical (unpaired) electrons. The molecule has 0 aliphatic heterocycles. The number of amides is 2. The first-order chi connectivity index (χ1) is 14.2. The third kappa shape index (κ3) is 4.83. The van der Waals surface area contributed by atoms with E-state index in [9.17, 15) is 4.79 Å². The number of benzene rings is 2. The van der Waals surface area contributed by atoms with Gasteiger partial charge in [0.15, 0.2) is 0 Å². The normalized spacial score (nSPS) is 18.9. The first kappa shape index (κ1) is 19.2. The van der Waals surface area contributed by atoms with Gasteiger partial charge in [-0.05, 0) is 55.5 Å². The van der Waals surface area contributed by atoms with Crippen LogP contribution in [0.1, 0.15) is 32.6 Å². The predicted octanol–water partition coefficient (Wildman–Crippen LogP) is 4.34. The maximum absolute atomic E-state index is 11.7. The van der Waals surface area contributed by atoms with Crippen LogP contribution in [-0.2, 0) is 0 Å². The molecule has 0 spiro atoms. The van der Waals surface area contributed by atoms with Gasteiger partial charge in [0.05, 0.1) is 5.69 Å². The van der Waals surface area contributed by atoms with E-state index < -0.39 is 0 Å². The van der Waals surface area contributed by atoms with E-state index in [2.05, 4.69) is 63.4 Å². The fraction of sp³-hybridized carbons (Fsp3) is 0.348. The van der Waals surface area contributed by atoms with Crippen molar-refractivity contribution < 1.29 is 4.79 Å². The number of carbonyl (C=O) groups is 1. The number of nitrogens with one attached hydrogen (secondary N) is 3. The van der Waals surface area contributed by atoms with Crippen LogP contribution in [0.25, 0.3) is 22.0 Å². The molecule has 2 aromatic carbocycles. The number of urea groups is 1. The fourth-order valence-electron chi connectivity index (χ4n) is 3.90. The number of hydrogen-bond acceptors (Lipinski definition) is 4. The summed E-state index contributed by atoms with van der Waals surface area (Å²) in [5.41, 5.74) is 2.00. The third-order valence-electron chi connectivity index (χ3n) is 5.43. The van der Waals surface area contributed by atoms with Gasteiger partial charge in [0.25, 0.3) is 0 Å². The lowest BCUT2D eigenvalue weighted by Gasteiger charge is -2.29. The lowest BCUT2D eigenvalue weighted by molar-refractivity contribution is 0.232. The smallest absolute Gasteiger partial charge is 0.314 e. The summed E-state index contributed by atoms with van der Waals surface area (Å²) in [5, 5.41) is 11.7. The number of hydrogen-bond donors (Lipinski definition) is 3. The summed E-state index contributed by atoms with van der Waals surface area (Å²) in [5.74, 6) is 0.663. The summed E-state index contributed by atoms with van der Waals surface area (Å²) in [6.07, 6.45) is 5.70. The zero-order valence-corrected chi connectivity index (χ0v) is 16.7.